The van der Waals surface area contributed by atoms with E-state index in [1.807, 2.05) is 18.2 Å². The number of fused-ring (bicyclic) bond motifs is 9. The summed E-state index contributed by atoms with van der Waals surface area (Å²) < 4.78 is 7.32. The van der Waals surface area contributed by atoms with Crippen LogP contribution in [0.3, 0.4) is 0 Å². The highest BCUT2D eigenvalue weighted by Crippen LogP contribution is 2.50. The first-order valence-corrected chi connectivity index (χ1v) is 20.4. The quantitative estimate of drug-likeness (QED) is 0.161. The molecule has 9 aromatic carbocycles. The third kappa shape index (κ3) is 5.05. The van der Waals surface area contributed by atoms with Gasteiger partial charge in [0.15, 0.2) is 5.69 Å². The van der Waals surface area contributed by atoms with Gasteiger partial charge in [0.2, 0.25) is 0 Å². The van der Waals surface area contributed by atoms with Gasteiger partial charge in [0.05, 0.1) is 62.8 Å². The summed E-state index contributed by atoms with van der Waals surface area (Å²) in [5, 5.41) is 17.4. The van der Waals surface area contributed by atoms with Crippen LogP contribution >= 0.6 is 0 Å². The molecule has 5 heteroatoms. The number of hydrogen-bond acceptors (Lipinski definition) is 1. The van der Waals surface area contributed by atoms with Gasteiger partial charge in [-0.2, -0.15) is 5.26 Å². The van der Waals surface area contributed by atoms with Crippen LogP contribution in [-0.2, 0) is 0 Å². The molecule has 0 N–H and O–H groups in total. The Hall–Kier alpha value is -8.64. The van der Waals surface area contributed by atoms with Crippen LogP contribution in [0.15, 0.2) is 200 Å². The standard InChI is InChI=1S/C56H33N5/c1-58-39-32-36(35-57)31-38(33-39)54-46(37-17-3-2-4-18-37)34-53(59-47-25-11-5-19-40(47)41-20-6-12-26-48(41)59)55(60-49-27-13-7-21-42(49)43-22-8-14-28-50(43)60)56(54)61-51-29-15-9-23-44(51)45-24-10-16-30-52(45)61/h2-34H. The normalized spacial score (nSPS) is 11.6. The molecule has 0 saturated heterocycles. The molecule has 0 spiro atoms. The molecular formula is C56H33N5. The lowest BCUT2D eigenvalue weighted by Gasteiger charge is -2.27. The van der Waals surface area contributed by atoms with E-state index in [1.165, 1.54) is 10.8 Å². The van der Waals surface area contributed by atoms with Crippen LogP contribution in [0.2, 0.25) is 0 Å². The summed E-state index contributed by atoms with van der Waals surface area (Å²) in [6, 6.07) is 72.8. The van der Waals surface area contributed by atoms with Gasteiger partial charge in [0.1, 0.15) is 0 Å². The number of benzene rings is 9. The molecule has 0 aliphatic carbocycles. The Kier molecular flexibility index (Phi) is 7.59. The molecule has 0 amide bonds. The van der Waals surface area contributed by atoms with Crippen molar-refractivity contribution < 1.29 is 0 Å². The van der Waals surface area contributed by atoms with Crippen molar-refractivity contribution in [3.8, 4) is 45.4 Å². The first-order valence-electron chi connectivity index (χ1n) is 20.4. The second-order valence-corrected chi connectivity index (χ2v) is 15.5. The molecule has 3 heterocycles. The van der Waals surface area contributed by atoms with Gasteiger partial charge < -0.3 is 13.7 Å². The Morgan fingerprint density at radius 2 is 0.787 bits per heavy atom. The average Bonchev–Trinajstić information content (AvgIpc) is 3.97. The molecule has 0 unspecified atom stereocenters. The smallest absolute Gasteiger partial charge is 0.189 e. The zero-order valence-electron chi connectivity index (χ0n) is 32.8. The van der Waals surface area contributed by atoms with Gasteiger partial charge in [-0.25, -0.2) is 4.85 Å². The second-order valence-electron chi connectivity index (χ2n) is 15.5. The van der Waals surface area contributed by atoms with Crippen LogP contribution in [0.5, 0.6) is 0 Å². The van der Waals surface area contributed by atoms with Gasteiger partial charge in [0, 0.05) is 43.4 Å². The van der Waals surface area contributed by atoms with Gasteiger partial charge in [-0.05, 0) is 77.4 Å². The maximum absolute atomic E-state index is 10.5. The Bertz CT molecular complexity index is 3650. The summed E-state index contributed by atoms with van der Waals surface area (Å²) in [5.74, 6) is 0. The van der Waals surface area contributed by atoms with Gasteiger partial charge >= 0.3 is 0 Å². The van der Waals surface area contributed by atoms with Gasteiger partial charge in [-0.15, -0.1) is 0 Å². The van der Waals surface area contributed by atoms with Crippen LogP contribution in [0, 0.1) is 17.9 Å². The molecular weight excluding hydrogens is 743 g/mol. The van der Waals surface area contributed by atoms with Crippen molar-refractivity contribution in [2.24, 2.45) is 0 Å². The van der Waals surface area contributed by atoms with Crippen molar-refractivity contribution in [2.75, 3.05) is 0 Å². The molecule has 3 aromatic heterocycles. The molecule has 0 saturated carbocycles. The first kappa shape index (κ1) is 34.4. The topological polar surface area (TPSA) is 42.9 Å². The first-order chi connectivity index (χ1) is 30.2. The molecule has 12 aromatic rings. The molecule has 5 nitrogen and oxygen atoms in total. The Balaban J connectivity index is 1.44. The van der Waals surface area contributed by atoms with E-state index in [0.717, 1.165) is 94.0 Å². The predicted molar refractivity (Wildman–Crippen MR) is 251 cm³/mol. The summed E-state index contributed by atoms with van der Waals surface area (Å²) in [6.07, 6.45) is 0. The average molecular weight is 776 g/mol. The summed E-state index contributed by atoms with van der Waals surface area (Å²) in [7, 11) is 0. The van der Waals surface area contributed by atoms with Gasteiger partial charge in [0.25, 0.3) is 0 Å². The molecule has 0 atom stereocenters. The van der Waals surface area contributed by atoms with E-state index in [1.54, 1.807) is 6.07 Å². The highest BCUT2D eigenvalue weighted by molar-refractivity contribution is 6.15. The van der Waals surface area contributed by atoms with Gasteiger partial charge in [-0.1, -0.05) is 140 Å². The van der Waals surface area contributed by atoms with Crippen molar-refractivity contribution in [1.82, 2.24) is 13.7 Å². The van der Waals surface area contributed by atoms with E-state index in [-0.39, 0.29) is 0 Å². The van der Waals surface area contributed by atoms with Gasteiger partial charge in [-0.3, -0.25) is 0 Å². The van der Waals surface area contributed by atoms with Crippen LogP contribution in [0.1, 0.15) is 5.56 Å². The maximum atomic E-state index is 10.5. The second kappa shape index (κ2) is 13.5. The van der Waals surface area contributed by atoms with Crippen LogP contribution in [-0.4, -0.2) is 13.7 Å². The minimum Gasteiger partial charge on any atom is -0.307 e. The number of aromatic nitrogens is 3. The van der Waals surface area contributed by atoms with Crippen LogP contribution < -0.4 is 0 Å². The summed E-state index contributed by atoms with van der Waals surface area (Å²) in [4.78, 5) is 3.92. The molecule has 0 fully saturated rings. The van der Waals surface area contributed by atoms with E-state index in [0.29, 0.717) is 11.3 Å². The van der Waals surface area contributed by atoms with Crippen molar-refractivity contribution >= 4 is 71.1 Å². The van der Waals surface area contributed by atoms with Crippen molar-refractivity contribution in [3.05, 3.63) is 217 Å². The molecule has 61 heavy (non-hydrogen) atoms. The summed E-state index contributed by atoms with van der Waals surface area (Å²) >= 11 is 0. The number of nitriles is 1. The molecule has 282 valence electrons. The van der Waals surface area contributed by atoms with E-state index in [2.05, 4.69) is 201 Å². The fourth-order valence-electron chi connectivity index (χ4n) is 9.78. The number of hydrogen-bond donors (Lipinski definition) is 0. The summed E-state index contributed by atoms with van der Waals surface area (Å²) in [5.41, 5.74) is 13.9. The van der Waals surface area contributed by atoms with Crippen molar-refractivity contribution in [1.29, 1.82) is 5.26 Å². The van der Waals surface area contributed by atoms with Crippen molar-refractivity contribution in [3.63, 3.8) is 0 Å². The molecule has 12 rings (SSSR count). The molecule has 0 bridgehead atoms. The lowest BCUT2D eigenvalue weighted by molar-refractivity contribution is 1.05. The monoisotopic (exact) mass is 775 g/mol. The largest absolute Gasteiger partial charge is 0.307 e. The fourth-order valence-corrected chi connectivity index (χ4v) is 9.78. The Labute approximate surface area is 351 Å². The molecule has 0 aliphatic heterocycles. The van der Waals surface area contributed by atoms with E-state index < -0.39 is 0 Å². The number of nitrogens with zero attached hydrogens (tertiary/aromatic N) is 5. The lowest BCUT2D eigenvalue weighted by atomic mass is 9.89. The predicted octanol–water partition coefficient (Wildman–Crippen LogP) is 14.7. The summed E-state index contributed by atoms with van der Waals surface area (Å²) in [6.45, 7) is 8.22. The van der Waals surface area contributed by atoms with E-state index >= 15 is 0 Å². The van der Waals surface area contributed by atoms with E-state index in [9.17, 15) is 5.26 Å². The highest BCUT2D eigenvalue weighted by Gasteiger charge is 2.30. The lowest BCUT2D eigenvalue weighted by Crippen LogP contribution is -2.12. The minimum atomic E-state index is 0.408. The number of para-hydroxylation sites is 6. The molecule has 0 aliphatic rings. The maximum Gasteiger partial charge on any atom is 0.189 e. The zero-order valence-corrected chi connectivity index (χ0v) is 32.8. The third-order valence-electron chi connectivity index (χ3n) is 12.2. The molecule has 0 radical (unpaired) electrons. The minimum absolute atomic E-state index is 0.408. The SMILES string of the molecule is [C-]#[N+]c1cc(C#N)cc(-c2c(-c3ccccc3)cc(-n3c4ccccc4c4ccccc43)c(-n3c4ccccc4c4ccccc43)c2-n2c3ccccc3c3ccccc32)c1. The Morgan fingerprint density at radius 1 is 0.393 bits per heavy atom. The third-order valence-corrected chi connectivity index (χ3v) is 12.2. The fraction of sp³-hybridized carbons (Fsp3) is 0. The number of rotatable bonds is 5. The zero-order chi connectivity index (χ0) is 40.6. The van der Waals surface area contributed by atoms with E-state index in [4.69, 9.17) is 6.57 Å². The Morgan fingerprint density at radius 3 is 1.21 bits per heavy atom. The van der Waals surface area contributed by atoms with Crippen LogP contribution in [0.25, 0.3) is 110 Å². The van der Waals surface area contributed by atoms with Crippen molar-refractivity contribution in [2.45, 2.75) is 0 Å². The highest BCUT2D eigenvalue weighted by atomic mass is 15.1. The van der Waals surface area contributed by atoms with Crippen LogP contribution in [0.4, 0.5) is 5.69 Å².